The van der Waals surface area contributed by atoms with Crippen molar-refractivity contribution in [1.82, 2.24) is 0 Å². The van der Waals surface area contributed by atoms with E-state index in [2.05, 4.69) is 15.9 Å². The van der Waals surface area contributed by atoms with Gasteiger partial charge in [0.15, 0.2) is 0 Å². The Labute approximate surface area is 109 Å². The van der Waals surface area contributed by atoms with Crippen LogP contribution >= 0.6 is 27.5 Å². The maximum Gasteiger partial charge on any atom is 0.138 e. The van der Waals surface area contributed by atoms with Crippen molar-refractivity contribution in [3.63, 3.8) is 0 Å². The van der Waals surface area contributed by atoms with E-state index in [1.807, 2.05) is 12.1 Å². The smallest absolute Gasteiger partial charge is 0.138 e. The van der Waals surface area contributed by atoms with Gasteiger partial charge in [0.1, 0.15) is 11.9 Å². The minimum atomic E-state index is -0.367. The first kappa shape index (κ1) is 12.2. The molecule has 0 unspecified atom stereocenters. The molecule has 1 aromatic carbocycles. The second kappa shape index (κ2) is 5.39. The third kappa shape index (κ3) is 2.90. The van der Waals surface area contributed by atoms with Crippen molar-refractivity contribution in [3.8, 4) is 5.75 Å². The van der Waals surface area contributed by atoms with Gasteiger partial charge in [-0.2, -0.15) is 0 Å². The molecule has 2 nitrogen and oxygen atoms in total. The van der Waals surface area contributed by atoms with Crippen molar-refractivity contribution >= 4 is 27.5 Å². The number of ether oxygens (including phenoxy) is 1. The van der Waals surface area contributed by atoms with Crippen molar-refractivity contribution in [2.24, 2.45) is 0 Å². The maximum atomic E-state index is 9.80. The van der Waals surface area contributed by atoms with Crippen molar-refractivity contribution in [2.45, 2.75) is 37.9 Å². The predicted octanol–water partition coefficient (Wildman–Crippen LogP) is 3.78. The molecule has 2 atom stereocenters. The summed E-state index contributed by atoms with van der Waals surface area (Å²) in [4.78, 5) is 0. The Bertz CT molecular complexity index is 370. The molecule has 0 aliphatic heterocycles. The monoisotopic (exact) mass is 304 g/mol. The topological polar surface area (TPSA) is 29.5 Å². The quantitative estimate of drug-likeness (QED) is 0.901. The average Bonchev–Trinajstić information content (AvgIpc) is 2.25. The van der Waals surface area contributed by atoms with Crippen LogP contribution < -0.4 is 4.74 Å². The molecule has 1 aromatic rings. The molecule has 4 heteroatoms. The zero-order valence-electron chi connectivity index (χ0n) is 8.83. The molecule has 0 bridgehead atoms. The van der Waals surface area contributed by atoms with Crippen LogP contribution in [0, 0.1) is 0 Å². The Morgan fingerprint density at radius 2 is 2.06 bits per heavy atom. The van der Waals surface area contributed by atoms with Crippen LogP contribution in [0.3, 0.4) is 0 Å². The van der Waals surface area contributed by atoms with E-state index in [1.54, 1.807) is 6.07 Å². The first-order valence-corrected chi connectivity index (χ1v) is 6.63. The van der Waals surface area contributed by atoms with Crippen LogP contribution in [0.4, 0.5) is 0 Å². The van der Waals surface area contributed by atoms with Crippen molar-refractivity contribution in [1.29, 1.82) is 0 Å². The second-order valence-electron chi connectivity index (χ2n) is 4.08. The van der Waals surface area contributed by atoms with Gasteiger partial charge in [-0.25, -0.2) is 0 Å². The molecule has 1 saturated carbocycles. The molecule has 0 amide bonds. The lowest BCUT2D eigenvalue weighted by Crippen LogP contribution is -2.34. The Morgan fingerprint density at radius 3 is 2.75 bits per heavy atom. The Morgan fingerprint density at radius 1 is 1.31 bits per heavy atom. The molecule has 0 aromatic heterocycles. The van der Waals surface area contributed by atoms with Gasteiger partial charge < -0.3 is 9.84 Å². The van der Waals surface area contributed by atoms with Gasteiger partial charge in [-0.3, -0.25) is 0 Å². The van der Waals surface area contributed by atoms with Crippen molar-refractivity contribution in [3.05, 3.63) is 27.7 Å². The van der Waals surface area contributed by atoms with Crippen LogP contribution in [-0.2, 0) is 0 Å². The summed E-state index contributed by atoms with van der Waals surface area (Å²) in [6, 6.07) is 5.51. The third-order valence-electron chi connectivity index (χ3n) is 2.84. The zero-order chi connectivity index (χ0) is 11.5. The molecule has 16 heavy (non-hydrogen) atoms. The van der Waals surface area contributed by atoms with Gasteiger partial charge in [0.25, 0.3) is 0 Å². The fraction of sp³-hybridized carbons (Fsp3) is 0.500. The first-order chi connectivity index (χ1) is 7.66. The lowest BCUT2D eigenvalue weighted by atomic mass is 9.95. The number of rotatable bonds is 2. The number of hydrogen-bond acceptors (Lipinski definition) is 2. The summed E-state index contributed by atoms with van der Waals surface area (Å²) in [6.07, 6.45) is 3.41. The average molecular weight is 306 g/mol. The lowest BCUT2D eigenvalue weighted by molar-refractivity contribution is 0.00692. The molecule has 0 spiro atoms. The molecule has 2 rings (SSSR count). The molecular formula is C12H14BrClO2. The summed E-state index contributed by atoms with van der Waals surface area (Å²) < 4.78 is 6.68. The minimum absolute atomic E-state index is 0.118. The molecule has 1 N–H and O–H groups in total. The molecule has 0 heterocycles. The third-order valence-corrected chi connectivity index (χ3v) is 3.63. The summed E-state index contributed by atoms with van der Waals surface area (Å²) in [5.41, 5.74) is 0. The van der Waals surface area contributed by atoms with Crippen LogP contribution in [0.2, 0.25) is 5.02 Å². The fourth-order valence-electron chi connectivity index (χ4n) is 1.95. The SMILES string of the molecule is O[C@@H]1CCCC[C@H]1Oc1ccc(Br)cc1Cl. The van der Waals surface area contributed by atoms with E-state index in [1.165, 1.54) is 0 Å². The Kier molecular flexibility index (Phi) is 4.11. The highest BCUT2D eigenvalue weighted by molar-refractivity contribution is 9.10. The molecule has 0 saturated heterocycles. The Hall–Kier alpha value is -0.250. The molecule has 1 aliphatic rings. The standard InChI is InChI=1S/C12H14BrClO2/c13-8-5-6-11(9(14)7-8)16-12-4-2-1-3-10(12)15/h5-7,10,12,15H,1-4H2/t10-,12-/m1/s1. The van der Waals surface area contributed by atoms with E-state index in [-0.39, 0.29) is 12.2 Å². The van der Waals surface area contributed by atoms with Gasteiger partial charge >= 0.3 is 0 Å². The van der Waals surface area contributed by atoms with Gasteiger partial charge in [0, 0.05) is 4.47 Å². The van der Waals surface area contributed by atoms with E-state index < -0.39 is 0 Å². The summed E-state index contributed by atoms with van der Waals surface area (Å²) in [6.45, 7) is 0. The van der Waals surface area contributed by atoms with Gasteiger partial charge in [-0.15, -0.1) is 0 Å². The molecular weight excluding hydrogens is 291 g/mol. The number of aliphatic hydroxyl groups is 1. The summed E-state index contributed by atoms with van der Waals surface area (Å²) in [5, 5.41) is 10.4. The van der Waals surface area contributed by atoms with E-state index >= 15 is 0 Å². The summed E-state index contributed by atoms with van der Waals surface area (Å²) in [7, 11) is 0. The van der Waals surface area contributed by atoms with Crippen LogP contribution in [0.15, 0.2) is 22.7 Å². The zero-order valence-corrected chi connectivity index (χ0v) is 11.2. The largest absolute Gasteiger partial charge is 0.486 e. The molecule has 88 valence electrons. The lowest BCUT2D eigenvalue weighted by Gasteiger charge is -2.28. The highest BCUT2D eigenvalue weighted by Crippen LogP contribution is 2.31. The predicted molar refractivity (Wildman–Crippen MR) is 68.0 cm³/mol. The van der Waals surface area contributed by atoms with E-state index in [0.29, 0.717) is 10.8 Å². The van der Waals surface area contributed by atoms with Crippen LogP contribution in [0.1, 0.15) is 25.7 Å². The normalized spacial score (nSPS) is 25.4. The number of benzene rings is 1. The number of aliphatic hydroxyl groups excluding tert-OH is 1. The second-order valence-corrected chi connectivity index (χ2v) is 5.41. The maximum absolute atomic E-state index is 9.80. The summed E-state index contributed by atoms with van der Waals surface area (Å²) in [5.74, 6) is 0.649. The molecule has 1 aliphatic carbocycles. The Balaban J connectivity index is 2.07. The van der Waals surface area contributed by atoms with Crippen LogP contribution in [0.25, 0.3) is 0 Å². The van der Waals surface area contributed by atoms with Gasteiger partial charge in [-0.1, -0.05) is 34.0 Å². The van der Waals surface area contributed by atoms with Crippen molar-refractivity contribution < 1.29 is 9.84 Å². The molecule has 1 fully saturated rings. The van der Waals surface area contributed by atoms with E-state index in [0.717, 1.165) is 30.2 Å². The molecule has 0 radical (unpaired) electrons. The van der Waals surface area contributed by atoms with E-state index in [9.17, 15) is 5.11 Å². The summed E-state index contributed by atoms with van der Waals surface area (Å²) >= 11 is 9.40. The van der Waals surface area contributed by atoms with Gasteiger partial charge in [0.2, 0.25) is 0 Å². The van der Waals surface area contributed by atoms with Crippen molar-refractivity contribution in [2.75, 3.05) is 0 Å². The minimum Gasteiger partial charge on any atom is -0.486 e. The van der Waals surface area contributed by atoms with Gasteiger partial charge in [0.05, 0.1) is 11.1 Å². The highest BCUT2D eigenvalue weighted by atomic mass is 79.9. The number of halogens is 2. The fourth-order valence-corrected chi connectivity index (χ4v) is 2.67. The highest BCUT2D eigenvalue weighted by Gasteiger charge is 2.25. The van der Waals surface area contributed by atoms with E-state index in [4.69, 9.17) is 16.3 Å². The number of hydrogen-bond donors (Lipinski definition) is 1. The first-order valence-electron chi connectivity index (χ1n) is 5.46. The van der Waals surface area contributed by atoms with Crippen LogP contribution in [-0.4, -0.2) is 17.3 Å². The van der Waals surface area contributed by atoms with Gasteiger partial charge in [-0.05, 0) is 37.5 Å². The van der Waals surface area contributed by atoms with Crippen LogP contribution in [0.5, 0.6) is 5.75 Å².